The number of benzene rings is 1. The van der Waals surface area contributed by atoms with E-state index in [2.05, 4.69) is 17.1 Å². The van der Waals surface area contributed by atoms with Crippen molar-refractivity contribution in [3.8, 4) is 5.75 Å². The molecule has 1 aliphatic rings. The Morgan fingerprint density at radius 2 is 2.00 bits per heavy atom. The van der Waals surface area contributed by atoms with Gasteiger partial charge in [-0.25, -0.2) is 0 Å². The normalized spacial score (nSPS) is 16.6. The summed E-state index contributed by atoms with van der Waals surface area (Å²) in [5.41, 5.74) is 0. The number of carbonyl (C=O) groups is 1. The molecule has 1 saturated heterocycles. The lowest BCUT2D eigenvalue weighted by Gasteiger charge is -2.31. The predicted octanol–water partition coefficient (Wildman–Crippen LogP) is 2.30. The van der Waals surface area contributed by atoms with Gasteiger partial charge in [-0.05, 0) is 44.5 Å². The minimum Gasteiger partial charge on any atom is -0.492 e. The van der Waals surface area contributed by atoms with Crippen molar-refractivity contribution in [1.82, 2.24) is 10.2 Å². The first-order valence-corrected chi connectivity index (χ1v) is 7.97. The zero-order chi connectivity index (χ0) is 14.9. The summed E-state index contributed by atoms with van der Waals surface area (Å²) in [6, 6.07) is 9.90. The molecular weight excluding hydrogens is 264 g/mol. The summed E-state index contributed by atoms with van der Waals surface area (Å²) in [5.74, 6) is 1.35. The van der Waals surface area contributed by atoms with E-state index < -0.39 is 0 Å². The fourth-order valence-electron chi connectivity index (χ4n) is 2.62. The summed E-state index contributed by atoms with van der Waals surface area (Å²) in [5, 5.41) is 3.00. The van der Waals surface area contributed by atoms with Crippen LogP contribution in [0.3, 0.4) is 0 Å². The number of nitrogens with zero attached hydrogens (tertiary/aromatic N) is 1. The largest absolute Gasteiger partial charge is 0.492 e. The topological polar surface area (TPSA) is 41.6 Å². The van der Waals surface area contributed by atoms with E-state index in [0.29, 0.717) is 6.61 Å². The summed E-state index contributed by atoms with van der Waals surface area (Å²) in [7, 11) is 0. The number of ether oxygens (including phenoxy) is 1. The van der Waals surface area contributed by atoms with E-state index in [1.54, 1.807) is 0 Å². The molecule has 116 valence electrons. The second-order valence-corrected chi connectivity index (χ2v) is 5.57. The molecule has 1 N–H and O–H groups in total. The molecule has 0 bridgehead atoms. The SMILES string of the molecule is CCCNC(=O)C1CCN(CCOc2ccccc2)CC1. The Balaban J connectivity index is 1.62. The highest BCUT2D eigenvalue weighted by atomic mass is 16.5. The number of nitrogens with one attached hydrogen (secondary N) is 1. The van der Waals surface area contributed by atoms with Crippen molar-refractivity contribution in [3.63, 3.8) is 0 Å². The molecule has 0 saturated carbocycles. The second-order valence-electron chi connectivity index (χ2n) is 5.57. The summed E-state index contributed by atoms with van der Waals surface area (Å²) in [4.78, 5) is 14.3. The summed E-state index contributed by atoms with van der Waals surface area (Å²) in [6.07, 6.45) is 2.92. The molecule has 1 fully saturated rings. The molecule has 1 aromatic carbocycles. The van der Waals surface area contributed by atoms with Gasteiger partial charge in [0.1, 0.15) is 12.4 Å². The van der Waals surface area contributed by atoms with Crippen molar-refractivity contribution >= 4 is 5.91 Å². The van der Waals surface area contributed by atoms with E-state index in [0.717, 1.165) is 51.2 Å². The van der Waals surface area contributed by atoms with Crippen LogP contribution in [-0.4, -0.2) is 43.6 Å². The van der Waals surface area contributed by atoms with Crippen LogP contribution in [0.2, 0.25) is 0 Å². The number of rotatable bonds is 7. The first kappa shape index (κ1) is 15.8. The van der Waals surface area contributed by atoms with Crippen LogP contribution in [0.4, 0.5) is 0 Å². The number of hydrogen-bond donors (Lipinski definition) is 1. The molecular formula is C17H26N2O2. The smallest absolute Gasteiger partial charge is 0.223 e. The molecule has 0 aromatic heterocycles. The molecule has 0 atom stereocenters. The molecule has 1 heterocycles. The lowest BCUT2D eigenvalue weighted by atomic mass is 9.96. The summed E-state index contributed by atoms with van der Waals surface area (Å²) in [6.45, 7) is 6.49. The summed E-state index contributed by atoms with van der Waals surface area (Å²) < 4.78 is 5.72. The predicted molar refractivity (Wildman–Crippen MR) is 84.4 cm³/mol. The highest BCUT2D eigenvalue weighted by Gasteiger charge is 2.24. The first-order chi connectivity index (χ1) is 10.3. The minimum atomic E-state index is 0.197. The van der Waals surface area contributed by atoms with Crippen molar-refractivity contribution in [3.05, 3.63) is 30.3 Å². The fourth-order valence-corrected chi connectivity index (χ4v) is 2.62. The molecule has 0 unspecified atom stereocenters. The lowest BCUT2D eigenvalue weighted by Crippen LogP contribution is -2.41. The van der Waals surface area contributed by atoms with Crippen molar-refractivity contribution in [2.75, 3.05) is 32.8 Å². The monoisotopic (exact) mass is 290 g/mol. The highest BCUT2D eigenvalue weighted by Crippen LogP contribution is 2.17. The van der Waals surface area contributed by atoms with Gasteiger partial charge in [-0.15, -0.1) is 0 Å². The maximum absolute atomic E-state index is 11.9. The zero-order valence-electron chi connectivity index (χ0n) is 12.9. The average Bonchev–Trinajstić information content (AvgIpc) is 2.54. The molecule has 1 aliphatic heterocycles. The lowest BCUT2D eigenvalue weighted by molar-refractivity contribution is -0.126. The molecule has 2 rings (SSSR count). The van der Waals surface area contributed by atoms with Gasteiger partial charge in [-0.1, -0.05) is 25.1 Å². The van der Waals surface area contributed by atoms with E-state index in [9.17, 15) is 4.79 Å². The van der Waals surface area contributed by atoms with Crippen LogP contribution in [0.15, 0.2) is 30.3 Å². The Morgan fingerprint density at radius 3 is 2.67 bits per heavy atom. The van der Waals surface area contributed by atoms with Crippen LogP contribution >= 0.6 is 0 Å². The third kappa shape index (κ3) is 5.38. The Kier molecular flexibility index (Phi) is 6.54. The number of amides is 1. The second kappa shape index (κ2) is 8.67. The molecule has 0 radical (unpaired) electrons. The number of hydrogen-bond acceptors (Lipinski definition) is 3. The molecule has 0 spiro atoms. The molecule has 4 nitrogen and oxygen atoms in total. The quantitative estimate of drug-likeness (QED) is 0.838. The molecule has 4 heteroatoms. The van der Waals surface area contributed by atoms with Crippen molar-refractivity contribution in [2.45, 2.75) is 26.2 Å². The maximum atomic E-state index is 11.9. The number of piperidine rings is 1. The Bertz CT molecular complexity index is 414. The van der Waals surface area contributed by atoms with Crippen LogP contribution in [0.25, 0.3) is 0 Å². The van der Waals surface area contributed by atoms with E-state index in [1.807, 2.05) is 30.3 Å². The zero-order valence-corrected chi connectivity index (χ0v) is 12.9. The Morgan fingerprint density at radius 1 is 1.29 bits per heavy atom. The van der Waals surface area contributed by atoms with Gasteiger partial charge in [0.05, 0.1) is 0 Å². The van der Waals surface area contributed by atoms with Gasteiger partial charge in [-0.2, -0.15) is 0 Å². The third-order valence-electron chi connectivity index (χ3n) is 3.93. The van der Waals surface area contributed by atoms with Gasteiger partial charge < -0.3 is 10.1 Å². The van der Waals surface area contributed by atoms with Gasteiger partial charge in [0, 0.05) is 19.0 Å². The molecule has 1 aromatic rings. The Labute approximate surface area is 127 Å². The van der Waals surface area contributed by atoms with E-state index in [1.165, 1.54) is 0 Å². The third-order valence-corrected chi connectivity index (χ3v) is 3.93. The molecule has 1 amide bonds. The van der Waals surface area contributed by atoms with Gasteiger partial charge in [0.2, 0.25) is 5.91 Å². The standard InChI is InChI=1S/C17H26N2O2/c1-2-10-18-17(20)15-8-11-19(12-9-15)13-14-21-16-6-4-3-5-7-16/h3-7,15H,2,8-14H2,1H3,(H,18,20). The highest BCUT2D eigenvalue weighted by molar-refractivity contribution is 5.78. The number of para-hydroxylation sites is 1. The van der Waals surface area contributed by atoms with Crippen molar-refractivity contribution in [2.24, 2.45) is 5.92 Å². The van der Waals surface area contributed by atoms with Crippen LogP contribution in [0.1, 0.15) is 26.2 Å². The van der Waals surface area contributed by atoms with Gasteiger partial charge >= 0.3 is 0 Å². The van der Waals surface area contributed by atoms with Crippen LogP contribution in [-0.2, 0) is 4.79 Å². The molecule has 0 aliphatic carbocycles. The summed E-state index contributed by atoms with van der Waals surface area (Å²) >= 11 is 0. The van der Waals surface area contributed by atoms with E-state index in [-0.39, 0.29) is 11.8 Å². The maximum Gasteiger partial charge on any atom is 0.223 e. The van der Waals surface area contributed by atoms with Crippen LogP contribution in [0.5, 0.6) is 5.75 Å². The number of likely N-dealkylation sites (tertiary alicyclic amines) is 1. The van der Waals surface area contributed by atoms with Gasteiger partial charge in [-0.3, -0.25) is 9.69 Å². The van der Waals surface area contributed by atoms with Gasteiger partial charge in [0.15, 0.2) is 0 Å². The average molecular weight is 290 g/mol. The van der Waals surface area contributed by atoms with Crippen LogP contribution in [0, 0.1) is 5.92 Å². The van der Waals surface area contributed by atoms with E-state index in [4.69, 9.17) is 4.74 Å². The van der Waals surface area contributed by atoms with Crippen LogP contribution < -0.4 is 10.1 Å². The van der Waals surface area contributed by atoms with Crippen molar-refractivity contribution < 1.29 is 9.53 Å². The number of carbonyl (C=O) groups excluding carboxylic acids is 1. The Hall–Kier alpha value is -1.55. The van der Waals surface area contributed by atoms with Gasteiger partial charge in [0.25, 0.3) is 0 Å². The van der Waals surface area contributed by atoms with Crippen molar-refractivity contribution in [1.29, 1.82) is 0 Å². The molecule has 21 heavy (non-hydrogen) atoms. The minimum absolute atomic E-state index is 0.197. The fraction of sp³-hybridized carbons (Fsp3) is 0.588. The first-order valence-electron chi connectivity index (χ1n) is 7.97. The van der Waals surface area contributed by atoms with E-state index >= 15 is 0 Å².